The van der Waals surface area contributed by atoms with Gasteiger partial charge < -0.3 is 14.8 Å². The van der Waals surface area contributed by atoms with Crippen LogP contribution in [0.3, 0.4) is 0 Å². The first kappa shape index (κ1) is 18.8. The van der Waals surface area contributed by atoms with E-state index in [0.717, 1.165) is 18.4 Å². The third-order valence-electron chi connectivity index (χ3n) is 3.86. The fourth-order valence-corrected chi connectivity index (χ4v) is 2.43. The van der Waals surface area contributed by atoms with Gasteiger partial charge in [0.05, 0.1) is 13.7 Å². The second-order valence-electron chi connectivity index (χ2n) is 5.82. The number of methoxy groups -OCH3 is 1. The zero-order chi connectivity index (χ0) is 17.9. The third kappa shape index (κ3) is 6.10. The van der Waals surface area contributed by atoms with Crippen molar-refractivity contribution >= 4 is 5.91 Å². The van der Waals surface area contributed by atoms with Crippen molar-refractivity contribution in [2.75, 3.05) is 13.7 Å². The molecule has 1 amide bonds. The number of carbonyl (C=O) groups is 1. The van der Waals surface area contributed by atoms with Gasteiger partial charge in [-0.3, -0.25) is 9.78 Å². The lowest BCUT2D eigenvalue weighted by atomic mass is 10.1. The first-order valence-corrected chi connectivity index (χ1v) is 8.72. The Morgan fingerprint density at radius 1 is 1.16 bits per heavy atom. The van der Waals surface area contributed by atoms with E-state index in [-0.39, 0.29) is 5.91 Å². The van der Waals surface area contributed by atoms with Gasteiger partial charge >= 0.3 is 0 Å². The van der Waals surface area contributed by atoms with Crippen molar-refractivity contribution < 1.29 is 14.3 Å². The maximum absolute atomic E-state index is 12.3. The van der Waals surface area contributed by atoms with Gasteiger partial charge in [-0.2, -0.15) is 0 Å². The van der Waals surface area contributed by atoms with Gasteiger partial charge in [0.25, 0.3) is 5.91 Å². The molecule has 0 saturated carbocycles. The van der Waals surface area contributed by atoms with Crippen LogP contribution in [0.4, 0.5) is 0 Å². The van der Waals surface area contributed by atoms with Crippen LogP contribution in [0.2, 0.25) is 0 Å². The number of rotatable bonds is 10. The molecule has 1 aromatic heterocycles. The lowest BCUT2D eigenvalue weighted by molar-refractivity contribution is 0.0950. The van der Waals surface area contributed by atoms with Gasteiger partial charge in [-0.1, -0.05) is 32.3 Å². The summed E-state index contributed by atoms with van der Waals surface area (Å²) in [5.74, 6) is 1.09. The molecule has 0 aliphatic carbocycles. The summed E-state index contributed by atoms with van der Waals surface area (Å²) in [5.41, 5.74) is 1.49. The van der Waals surface area contributed by atoms with E-state index < -0.39 is 0 Å². The molecule has 1 aromatic carbocycles. The van der Waals surface area contributed by atoms with Gasteiger partial charge in [0, 0.05) is 24.5 Å². The molecule has 5 heteroatoms. The summed E-state index contributed by atoms with van der Waals surface area (Å²) >= 11 is 0. The van der Waals surface area contributed by atoms with Gasteiger partial charge in [-0.05, 0) is 36.2 Å². The van der Waals surface area contributed by atoms with Gasteiger partial charge in [-0.25, -0.2) is 0 Å². The van der Waals surface area contributed by atoms with Crippen molar-refractivity contribution in [3.05, 3.63) is 53.9 Å². The average Bonchev–Trinajstić information content (AvgIpc) is 2.66. The number of unbranched alkanes of at least 4 members (excludes halogenated alkanes) is 3. The molecule has 25 heavy (non-hydrogen) atoms. The Balaban J connectivity index is 1.91. The van der Waals surface area contributed by atoms with Crippen molar-refractivity contribution in [1.29, 1.82) is 0 Å². The number of hydrogen-bond donors (Lipinski definition) is 1. The zero-order valence-electron chi connectivity index (χ0n) is 15.0. The van der Waals surface area contributed by atoms with Crippen LogP contribution in [-0.4, -0.2) is 24.6 Å². The van der Waals surface area contributed by atoms with E-state index in [1.807, 2.05) is 12.1 Å². The zero-order valence-corrected chi connectivity index (χ0v) is 15.0. The molecule has 2 rings (SSSR count). The Bertz CT molecular complexity index is 659. The van der Waals surface area contributed by atoms with Crippen molar-refractivity contribution in [2.45, 2.75) is 39.2 Å². The highest BCUT2D eigenvalue weighted by Crippen LogP contribution is 2.28. The van der Waals surface area contributed by atoms with Crippen LogP contribution in [0.1, 0.15) is 48.5 Å². The summed E-state index contributed by atoms with van der Waals surface area (Å²) in [5, 5.41) is 2.88. The summed E-state index contributed by atoms with van der Waals surface area (Å²) in [6.07, 6.45) is 8.04. The monoisotopic (exact) mass is 342 g/mol. The minimum Gasteiger partial charge on any atom is -0.493 e. The molecule has 0 atom stereocenters. The molecule has 5 nitrogen and oxygen atoms in total. The SMILES string of the molecule is CCCCCCOc1ccc(C(=O)NCc2cccnc2)cc1OC. The Labute approximate surface area is 149 Å². The molecule has 0 aliphatic heterocycles. The largest absolute Gasteiger partial charge is 0.493 e. The summed E-state index contributed by atoms with van der Waals surface area (Å²) in [6, 6.07) is 9.01. The predicted octanol–water partition coefficient (Wildman–Crippen LogP) is 3.98. The summed E-state index contributed by atoms with van der Waals surface area (Å²) in [7, 11) is 1.58. The van der Waals surface area contributed by atoms with Crippen LogP contribution < -0.4 is 14.8 Å². The fourth-order valence-electron chi connectivity index (χ4n) is 2.43. The molecular formula is C20H26N2O3. The van der Waals surface area contributed by atoms with Crippen LogP contribution in [0.5, 0.6) is 11.5 Å². The minimum atomic E-state index is -0.156. The van der Waals surface area contributed by atoms with E-state index in [1.165, 1.54) is 12.8 Å². The maximum Gasteiger partial charge on any atom is 0.251 e. The first-order chi connectivity index (χ1) is 12.2. The summed E-state index contributed by atoms with van der Waals surface area (Å²) in [4.78, 5) is 16.3. The van der Waals surface area contributed by atoms with E-state index in [9.17, 15) is 4.79 Å². The standard InChI is InChI=1S/C20H26N2O3/c1-3-4-5-6-12-25-18-10-9-17(13-19(18)24-2)20(23)22-15-16-8-7-11-21-14-16/h7-11,13-14H,3-6,12,15H2,1-2H3,(H,22,23). The number of nitrogens with one attached hydrogen (secondary N) is 1. The minimum absolute atomic E-state index is 0.156. The number of aromatic nitrogens is 1. The lowest BCUT2D eigenvalue weighted by Gasteiger charge is -2.12. The summed E-state index contributed by atoms with van der Waals surface area (Å²) in [6.45, 7) is 3.27. The third-order valence-corrected chi connectivity index (χ3v) is 3.86. The number of ether oxygens (including phenoxy) is 2. The Morgan fingerprint density at radius 3 is 2.76 bits per heavy atom. The Hall–Kier alpha value is -2.56. The second-order valence-corrected chi connectivity index (χ2v) is 5.82. The highest BCUT2D eigenvalue weighted by molar-refractivity contribution is 5.94. The van der Waals surface area contributed by atoms with Crippen LogP contribution in [0.25, 0.3) is 0 Å². The van der Waals surface area contributed by atoms with Crippen LogP contribution in [0, 0.1) is 0 Å². The van der Waals surface area contributed by atoms with E-state index in [0.29, 0.717) is 30.2 Å². The molecule has 0 unspecified atom stereocenters. The highest BCUT2D eigenvalue weighted by Gasteiger charge is 2.11. The fraction of sp³-hybridized carbons (Fsp3) is 0.400. The van der Waals surface area contributed by atoms with Gasteiger partial charge in [0.1, 0.15) is 0 Å². The molecule has 1 N–H and O–H groups in total. The molecule has 134 valence electrons. The summed E-state index contributed by atoms with van der Waals surface area (Å²) < 4.78 is 11.1. The van der Waals surface area contributed by atoms with Crippen molar-refractivity contribution in [1.82, 2.24) is 10.3 Å². The van der Waals surface area contributed by atoms with Crippen LogP contribution in [-0.2, 0) is 6.54 Å². The van der Waals surface area contributed by atoms with Crippen molar-refractivity contribution in [3.63, 3.8) is 0 Å². The van der Waals surface area contributed by atoms with E-state index in [4.69, 9.17) is 9.47 Å². The second kappa shape index (κ2) is 10.3. The molecule has 0 saturated heterocycles. The van der Waals surface area contributed by atoms with Crippen LogP contribution in [0.15, 0.2) is 42.7 Å². The molecule has 1 heterocycles. The molecule has 0 spiro atoms. The van der Waals surface area contributed by atoms with E-state index >= 15 is 0 Å². The average molecular weight is 342 g/mol. The van der Waals surface area contributed by atoms with Crippen molar-refractivity contribution in [3.8, 4) is 11.5 Å². The predicted molar refractivity (Wildman–Crippen MR) is 98.0 cm³/mol. The number of nitrogens with zero attached hydrogens (tertiary/aromatic N) is 1. The Kier molecular flexibility index (Phi) is 7.76. The highest BCUT2D eigenvalue weighted by atomic mass is 16.5. The van der Waals surface area contributed by atoms with Gasteiger partial charge in [-0.15, -0.1) is 0 Å². The molecule has 0 bridgehead atoms. The first-order valence-electron chi connectivity index (χ1n) is 8.72. The van der Waals surface area contributed by atoms with Crippen molar-refractivity contribution in [2.24, 2.45) is 0 Å². The smallest absolute Gasteiger partial charge is 0.251 e. The van der Waals surface area contributed by atoms with E-state index in [1.54, 1.807) is 37.7 Å². The van der Waals surface area contributed by atoms with Gasteiger partial charge in [0.2, 0.25) is 0 Å². The number of carbonyl (C=O) groups excluding carboxylic acids is 1. The molecule has 0 radical (unpaired) electrons. The number of benzene rings is 1. The van der Waals surface area contributed by atoms with E-state index in [2.05, 4.69) is 17.2 Å². The molecule has 2 aromatic rings. The molecular weight excluding hydrogens is 316 g/mol. The molecule has 0 fully saturated rings. The quantitative estimate of drug-likeness (QED) is 0.664. The molecule has 0 aliphatic rings. The number of amides is 1. The van der Waals surface area contributed by atoms with Gasteiger partial charge in [0.15, 0.2) is 11.5 Å². The lowest BCUT2D eigenvalue weighted by Crippen LogP contribution is -2.22. The maximum atomic E-state index is 12.3. The topological polar surface area (TPSA) is 60.5 Å². The Morgan fingerprint density at radius 2 is 2.04 bits per heavy atom. The number of hydrogen-bond acceptors (Lipinski definition) is 4. The number of pyridine rings is 1. The normalized spacial score (nSPS) is 10.3. The van der Waals surface area contributed by atoms with Crippen LogP contribution >= 0.6 is 0 Å².